The molecule has 6 heteroatoms. The maximum absolute atomic E-state index is 9.57. The summed E-state index contributed by atoms with van der Waals surface area (Å²) in [6.45, 7) is 0.0177. The Labute approximate surface area is 67.5 Å². The van der Waals surface area contributed by atoms with Gasteiger partial charge in [0.1, 0.15) is 0 Å². The topological polar surface area (TPSA) is 63.6 Å². The Bertz CT molecular complexity index is 104. The van der Waals surface area contributed by atoms with E-state index in [1.165, 1.54) is 0 Å². The summed E-state index contributed by atoms with van der Waals surface area (Å²) in [5.74, 6) is 0. The third kappa shape index (κ3) is 11.8. The molecule has 0 aliphatic heterocycles. The maximum Gasteiger partial charge on any atom is 1.00 e. The molecule has 0 spiro atoms. The summed E-state index contributed by atoms with van der Waals surface area (Å²) in [5.41, 5.74) is 0. The van der Waals surface area contributed by atoms with E-state index in [-0.39, 0.29) is 32.1 Å². The zero-order valence-electron chi connectivity index (χ0n) is 5.20. The molecule has 0 heterocycles. The molecule has 0 radical (unpaired) electrons. The minimum Gasteiger partial charge on any atom is -0.424 e. The van der Waals surface area contributed by atoms with Crippen molar-refractivity contribution in [1.82, 2.24) is 0 Å². The average molecular weight is 146 g/mol. The van der Waals surface area contributed by atoms with E-state index in [0.29, 0.717) is 6.42 Å². The van der Waals surface area contributed by atoms with Gasteiger partial charge in [-0.15, -0.1) is 0 Å². The number of rotatable bonds is 4. The van der Waals surface area contributed by atoms with Crippen LogP contribution >= 0.6 is 0 Å². The fraction of sp³-hybridized carbons (Fsp3) is 1.00. The summed E-state index contributed by atoms with van der Waals surface area (Å²) in [6, 6.07) is 0. The number of hydrogen-bond donors (Lipinski definition) is 1. The normalized spacial score (nSPS) is 9.11. The van der Waals surface area contributed by atoms with E-state index in [1.54, 1.807) is 0 Å². The first kappa shape index (κ1) is 12.2. The van der Waals surface area contributed by atoms with Gasteiger partial charge in [0.2, 0.25) is 0 Å². The van der Waals surface area contributed by atoms with Crippen molar-refractivity contribution in [3.8, 4) is 0 Å². The molecule has 0 aromatic heterocycles. The summed E-state index contributed by atoms with van der Waals surface area (Å²) < 4.78 is 23.2. The standard InChI is InChI=1S/C3H7O4S.Li/c4-2-1-3-7-8(5)6;/h4H,1-3H2;/q-1;+1. The third-order valence-corrected chi connectivity index (χ3v) is 0.841. The molecule has 0 aliphatic rings. The second-order valence-corrected chi connectivity index (χ2v) is 1.75. The molecule has 0 bridgehead atoms. The van der Waals surface area contributed by atoms with Crippen LogP contribution in [0.2, 0.25) is 0 Å². The van der Waals surface area contributed by atoms with Crippen molar-refractivity contribution in [2.45, 2.75) is 6.42 Å². The Kier molecular flexibility index (Phi) is 11.5. The molecule has 0 saturated heterocycles. The molecular formula is C3H7LiO4S. The van der Waals surface area contributed by atoms with Crippen LogP contribution in [0.25, 0.3) is 0 Å². The molecule has 4 nitrogen and oxygen atoms in total. The van der Waals surface area contributed by atoms with E-state index in [4.69, 9.17) is 5.11 Å². The van der Waals surface area contributed by atoms with Crippen LogP contribution in [-0.2, 0) is 23.6 Å². The van der Waals surface area contributed by atoms with Crippen molar-refractivity contribution < 1.29 is 36.6 Å². The van der Waals surface area contributed by atoms with Gasteiger partial charge in [0.15, 0.2) is 0 Å². The van der Waals surface area contributed by atoms with E-state index in [9.17, 15) is 8.42 Å². The first-order chi connectivity index (χ1) is 3.77. The molecule has 0 unspecified atom stereocenters. The molecule has 9 heavy (non-hydrogen) atoms. The minimum atomic E-state index is -2.43. The van der Waals surface area contributed by atoms with Crippen LogP contribution in [0.5, 0.6) is 0 Å². The Hall–Kier alpha value is 0.467. The van der Waals surface area contributed by atoms with Gasteiger partial charge in [0.25, 0.3) is 0 Å². The van der Waals surface area contributed by atoms with Gasteiger partial charge < -0.3 is 17.7 Å². The van der Waals surface area contributed by atoms with Crippen LogP contribution in [-0.4, -0.2) is 18.3 Å². The first-order valence-corrected chi connectivity index (χ1v) is 3.10. The average Bonchev–Trinajstić information content (AvgIpc) is 1.66. The van der Waals surface area contributed by atoms with Crippen molar-refractivity contribution in [1.29, 1.82) is 0 Å². The predicted molar refractivity (Wildman–Crippen MR) is 26.4 cm³/mol. The molecule has 0 atom stereocenters. The SMILES string of the molecule is O=[S-](=O)OCCCO.[Li+]. The Balaban J connectivity index is 0. The number of aliphatic hydroxyl groups excluding tert-OH is 1. The maximum atomic E-state index is 9.57. The molecule has 50 valence electrons. The van der Waals surface area contributed by atoms with E-state index in [0.717, 1.165) is 0 Å². The van der Waals surface area contributed by atoms with E-state index >= 15 is 0 Å². The van der Waals surface area contributed by atoms with Crippen molar-refractivity contribution in [3.05, 3.63) is 0 Å². The predicted octanol–water partition coefficient (Wildman–Crippen LogP) is -3.39. The van der Waals surface area contributed by atoms with Crippen molar-refractivity contribution in [3.63, 3.8) is 0 Å². The number of hydrogen-bond acceptors (Lipinski definition) is 5. The molecular weight excluding hydrogens is 139 g/mol. The van der Waals surface area contributed by atoms with Crippen LogP contribution in [0.1, 0.15) is 6.42 Å². The molecule has 0 fully saturated rings. The van der Waals surface area contributed by atoms with Crippen LogP contribution in [0.3, 0.4) is 0 Å². The largest absolute Gasteiger partial charge is 1.00 e. The van der Waals surface area contributed by atoms with Gasteiger partial charge in [-0.25, -0.2) is 0 Å². The second kappa shape index (κ2) is 8.47. The molecule has 0 aliphatic carbocycles. The molecule has 0 aromatic carbocycles. The zero-order chi connectivity index (χ0) is 6.41. The molecule has 0 rings (SSSR count). The molecule has 0 aromatic rings. The van der Waals surface area contributed by atoms with Crippen molar-refractivity contribution in [2.75, 3.05) is 13.2 Å². The smallest absolute Gasteiger partial charge is 0.424 e. The second-order valence-electron chi connectivity index (χ2n) is 1.10. The summed E-state index contributed by atoms with van der Waals surface area (Å²) in [5, 5.41) is 8.10. The summed E-state index contributed by atoms with van der Waals surface area (Å²) in [7, 11) is -2.43. The summed E-state index contributed by atoms with van der Waals surface area (Å²) in [6.07, 6.45) is 0.355. The van der Waals surface area contributed by atoms with Crippen LogP contribution in [0, 0.1) is 0 Å². The fourth-order valence-corrected chi connectivity index (χ4v) is 0.445. The summed E-state index contributed by atoms with van der Waals surface area (Å²) >= 11 is 0. The van der Waals surface area contributed by atoms with Gasteiger partial charge >= 0.3 is 18.9 Å². The number of aliphatic hydroxyl groups is 1. The Morgan fingerprint density at radius 3 is 2.33 bits per heavy atom. The monoisotopic (exact) mass is 146 g/mol. The van der Waals surface area contributed by atoms with Gasteiger partial charge in [-0.3, -0.25) is 0 Å². The quantitative estimate of drug-likeness (QED) is 0.255. The Morgan fingerprint density at radius 2 is 2.00 bits per heavy atom. The molecule has 1 N–H and O–H groups in total. The van der Waals surface area contributed by atoms with Gasteiger partial charge in [-0.1, -0.05) is 0 Å². The minimum absolute atomic E-state index is 0. The van der Waals surface area contributed by atoms with E-state index < -0.39 is 11.0 Å². The summed E-state index contributed by atoms with van der Waals surface area (Å²) in [4.78, 5) is 0. The van der Waals surface area contributed by atoms with Gasteiger partial charge in [-0.05, 0) is 6.42 Å². The van der Waals surface area contributed by atoms with Crippen LogP contribution in [0.4, 0.5) is 0 Å². The molecule has 0 amide bonds. The van der Waals surface area contributed by atoms with E-state index in [2.05, 4.69) is 4.18 Å². The van der Waals surface area contributed by atoms with E-state index in [1.807, 2.05) is 0 Å². The van der Waals surface area contributed by atoms with Crippen LogP contribution in [0.15, 0.2) is 0 Å². The zero-order valence-corrected chi connectivity index (χ0v) is 6.02. The van der Waals surface area contributed by atoms with Crippen LogP contribution < -0.4 is 18.9 Å². The van der Waals surface area contributed by atoms with Gasteiger partial charge in [0, 0.05) is 13.2 Å². The van der Waals surface area contributed by atoms with Gasteiger partial charge in [0.05, 0.1) is 11.0 Å². The third-order valence-electron chi connectivity index (χ3n) is 0.482. The van der Waals surface area contributed by atoms with Gasteiger partial charge in [-0.2, -0.15) is 0 Å². The molecule has 0 saturated carbocycles. The van der Waals surface area contributed by atoms with Crippen molar-refractivity contribution in [2.24, 2.45) is 0 Å². The van der Waals surface area contributed by atoms with Crippen molar-refractivity contribution >= 4 is 11.0 Å². The Morgan fingerprint density at radius 1 is 1.44 bits per heavy atom. The fourth-order valence-electron chi connectivity index (χ4n) is 0.192. The first-order valence-electron chi connectivity index (χ1n) is 2.10.